The molecule has 0 bridgehead atoms. The topological polar surface area (TPSA) is 59.2 Å². The fourth-order valence-corrected chi connectivity index (χ4v) is 1.62. The van der Waals surface area contributed by atoms with E-state index >= 15 is 0 Å². The van der Waals surface area contributed by atoms with Gasteiger partial charge in [-0.05, 0) is 19.1 Å². The van der Waals surface area contributed by atoms with Crippen molar-refractivity contribution in [3.63, 3.8) is 0 Å². The maximum absolute atomic E-state index is 11.7. The Morgan fingerprint density at radius 2 is 2.29 bits per heavy atom. The van der Waals surface area contributed by atoms with Crippen LogP contribution < -0.4 is 5.73 Å². The Balaban J connectivity index is 2.05. The van der Waals surface area contributed by atoms with E-state index in [2.05, 4.69) is 4.98 Å². The Kier molecular flexibility index (Phi) is 2.00. The monoisotopic (exact) mass is 191 g/mol. The lowest BCUT2D eigenvalue weighted by Crippen LogP contribution is -2.66. The van der Waals surface area contributed by atoms with Crippen LogP contribution in [0.15, 0.2) is 24.4 Å². The summed E-state index contributed by atoms with van der Waals surface area (Å²) < 4.78 is 0. The van der Waals surface area contributed by atoms with Crippen LogP contribution >= 0.6 is 0 Å². The molecule has 2 rings (SSSR count). The van der Waals surface area contributed by atoms with Gasteiger partial charge in [-0.1, -0.05) is 6.07 Å². The normalized spacial score (nSPS) is 18.9. The first-order valence-electron chi connectivity index (χ1n) is 4.58. The molecule has 1 aromatic heterocycles. The second kappa shape index (κ2) is 3.06. The van der Waals surface area contributed by atoms with E-state index in [1.54, 1.807) is 23.2 Å². The zero-order chi connectivity index (χ0) is 10.2. The van der Waals surface area contributed by atoms with Gasteiger partial charge in [-0.15, -0.1) is 0 Å². The van der Waals surface area contributed by atoms with Gasteiger partial charge in [-0.3, -0.25) is 9.78 Å². The van der Waals surface area contributed by atoms with E-state index in [1.807, 2.05) is 13.0 Å². The van der Waals surface area contributed by atoms with E-state index in [-0.39, 0.29) is 11.4 Å². The molecular weight excluding hydrogens is 178 g/mol. The summed E-state index contributed by atoms with van der Waals surface area (Å²) in [5.74, 6) is -0.0338. The third-order valence-corrected chi connectivity index (χ3v) is 2.28. The molecule has 1 fully saturated rings. The molecule has 2 N–H and O–H groups in total. The van der Waals surface area contributed by atoms with Crippen molar-refractivity contribution in [2.75, 3.05) is 13.1 Å². The first-order valence-corrected chi connectivity index (χ1v) is 4.58. The van der Waals surface area contributed by atoms with E-state index in [1.165, 1.54) is 0 Å². The molecule has 1 amide bonds. The minimum Gasteiger partial charge on any atom is -0.334 e. The summed E-state index contributed by atoms with van der Waals surface area (Å²) in [4.78, 5) is 17.4. The van der Waals surface area contributed by atoms with Crippen LogP contribution in [-0.4, -0.2) is 34.4 Å². The summed E-state index contributed by atoms with van der Waals surface area (Å²) >= 11 is 0. The Hall–Kier alpha value is -1.42. The molecule has 0 saturated carbocycles. The Morgan fingerprint density at radius 3 is 2.79 bits per heavy atom. The zero-order valence-electron chi connectivity index (χ0n) is 8.10. The SMILES string of the molecule is CC1(N)CN(C(=O)c2ccccn2)C1. The highest BCUT2D eigenvalue weighted by Gasteiger charge is 2.38. The average molecular weight is 191 g/mol. The summed E-state index contributed by atoms with van der Waals surface area (Å²) in [5, 5.41) is 0. The van der Waals surface area contributed by atoms with Crippen molar-refractivity contribution in [1.82, 2.24) is 9.88 Å². The first-order chi connectivity index (χ1) is 6.58. The lowest BCUT2D eigenvalue weighted by Gasteiger charge is -2.45. The minimum absolute atomic E-state index is 0.0338. The van der Waals surface area contributed by atoms with Gasteiger partial charge in [0.05, 0.1) is 0 Å². The second-order valence-electron chi connectivity index (χ2n) is 4.03. The van der Waals surface area contributed by atoms with Crippen molar-refractivity contribution >= 4 is 5.91 Å². The lowest BCUT2D eigenvalue weighted by atomic mass is 9.93. The number of nitrogens with two attached hydrogens (primary N) is 1. The molecule has 1 aliphatic heterocycles. The largest absolute Gasteiger partial charge is 0.334 e. The number of pyridine rings is 1. The molecule has 4 heteroatoms. The number of carbonyl (C=O) groups is 1. The molecule has 0 aromatic carbocycles. The summed E-state index contributed by atoms with van der Waals surface area (Å²) in [7, 11) is 0. The van der Waals surface area contributed by atoms with Gasteiger partial charge in [-0.2, -0.15) is 0 Å². The van der Waals surface area contributed by atoms with Crippen LogP contribution in [0.2, 0.25) is 0 Å². The Bertz CT molecular complexity index is 340. The zero-order valence-corrected chi connectivity index (χ0v) is 8.10. The number of hydrogen-bond donors (Lipinski definition) is 1. The number of carbonyl (C=O) groups excluding carboxylic acids is 1. The van der Waals surface area contributed by atoms with Crippen LogP contribution in [0.3, 0.4) is 0 Å². The van der Waals surface area contributed by atoms with Crippen LogP contribution in [0.4, 0.5) is 0 Å². The van der Waals surface area contributed by atoms with Gasteiger partial charge in [0, 0.05) is 24.8 Å². The van der Waals surface area contributed by atoms with Crippen molar-refractivity contribution in [1.29, 1.82) is 0 Å². The fraction of sp³-hybridized carbons (Fsp3) is 0.400. The van der Waals surface area contributed by atoms with Gasteiger partial charge in [0.25, 0.3) is 5.91 Å². The standard InChI is InChI=1S/C10H13N3O/c1-10(11)6-13(7-10)9(14)8-4-2-3-5-12-8/h2-5H,6-7,11H2,1H3. The maximum Gasteiger partial charge on any atom is 0.272 e. The molecule has 1 saturated heterocycles. The summed E-state index contributed by atoms with van der Waals surface area (Å²) in [6.07, 6.45) is 1.62. The summed E-state index contributed by atoms with van der Waals surface area (Å²) in [5.41, 5.74) is 6.08. The van der Waals surface area contributed by atoms with Crippen molar-refractivity contribution in [2.45, 2.75) is 12.5 Å². The van der Waals surface area contributed by atoms with Crippen molar-refractivity contribution in [3.8, 4) is 0 Å². The molecule has 14 heavy (non-hydrogen) atoms. The van der Waals surface area contributed by atoms with E-state index in [9.17, 15) is 4.79 Å². The molecule has 2 heterocycles. The van der Waals surface area contributed by atoms with Crippen LogP contribution in [0.5, 0.6) is 0 Å². The molecule has 0 radical (unpaired) electrons. The smallest absolute Gasteiger partial charge is 0.272 e. The second-order valence-corrected chi connectivity index (χ2v) is 4.03. The van der Waals surface area contributed by atoms with Gasteiger partial charge in [0.1, 0.15) is 5.69 Å². The molecule has 0 spiro atoms. The predicted octanol–water partition coefficient (Wildman–Crippen LogP) is 0.255. The number of aromatic nitrogens is 1. The Morgan fingerprint density at radius 1 is 1.57 bits per heavy atom. The molecular formula is C10H13N3O. The number of nitrogens with zero attached hydrogens (tertiary/aromatic N) is 2. The molecule has 0 unspecified atom stereocenters. The average Bonchev–Trinajstić information content (AvgIpc) is 2.14. The van der Waals surface area contributed by atoms with Crippen LogP contribution in [0, 0.1) is 0 Å². The summed E-state index contributed by atoms with van der Waals surface area (Å²) in [6.45, 7) is 3.17. The predicted molar refractivity (Wildman–Crippen MR) is 52.7 cm³/mol. The molecule has 0 aliphatic carbocycles. The molecule has 0 atom stereocenters. The highest BCUT2D eigenvalue weighted by Crippen LogP contribution is 2.18. The Labute approximate surface area is 82.7 Å². The first kappa shape index (κ1) is 9.15. The maximum atomic E-state index is 11.7. The molecule has 4 nitrogen and oxygen atoms in total. The van der Waals surface area contributed by atoms with Crippen LogP contribution in [0.1, 0.15) is 17.4 Å². The molecule has 74 valence electrons. The van der Waals surface area contributed by atoms with Crippen LogP contribution in [-0.2, 0) is 0 Å². The molecule has 1 aromatic rings. The van der Waals surface area contributed by atoms with Gasteiger partial charge in [-0.25, -0.2) is 0 Å². The van der Waals surface area contributed by atoms with Crippen molar-refractivity contribution < 1.29 is 4.79 Å². The van der Waals surface area contributed by atoms with E-state index < -0.39 is 0 Å². The number of rotatable bonds is 1. The fourth-order valence-electron chi connectivity index (χ4n) is 1.62. The van der Waals surface area contributed by atoms with E-state index in [0.717, 1.165) is 0 Å². The number of likely N-dealkylation sites (tertiary alicyclic amines) is 1. The third-order valence-electron chi connectivity index (χ3n) is 2.28. The van der Waals surface area contributed by atoms with E-state index in [0.29, 0.717) is 18.8 Å². The highest BCUT2D eigenvalue weighted by molar-refractivity contribution is 5.93. The quantitative estimate of drug-likeness (QED) is 0.692. The lowest BCUT2D eigenvalue weighted by molar-refractivity contribution is 0.0448. The number of amides is 1. The number of hydrogen-bond acceptors (Lipinski definition) is 3. The molecule has 1 aliphatic rings. The van der Waals surface area contributed by atoms with Crippen LogP contribution in [0.25, 0.3) is 0 Å². The van der Waals surface area contributed by atoms with E-state index in [4.69, 9.17) is 5.73 Å². The van der Waals surface area contributed by atoms with Gasteiger partial charge < -0.3 is 10.6 Å². The van der Waals surface area contributed by atoms with Crippen molar-refractivity contribution in [3.05, 3.63) is 30.1 Å². The van der Waals surface area contributed by atoms with Gasteiger partial charge >= 0.3 is 0 Å². The van der Waals surface area contributed by atoms with Gasteiger partial charge in [0.15, 0.2) is 0 Å². The third kappa shape index (κ3) is 1.61. The van der Waals surface area contributed by atoms with Gasteiger partial charge in [0.2, 0.25) is 0 Å². The van der Waals surface area contributed by atoms with Crippen molar-refractivity contribution in [2.24, 2.45) is 5.73 Å². The minimum atomic E-state index is -0.218. The summed E-state index contributed by atoms with van der Waals surface area (Å²) in [6, 6.07) is 5.32. The highest BCUT2D eigenvalue weighted by atomic mass is 16.2.